The molecule has 1 aliphatic rings. The molecule has 0 aliphatic heterocycles. The van der Waals surface area contributed by atoms with Crippen LogP contribution in [0, 0.1) is 18.3 Å². The first-order valence-electron chi connectivity index (χ1n) is 9.53. The maximum Gasteiger partial charge on any atom is 0.115 e. The fourth-order valence-corrected chi connectivity index (χ4v) is 4.29. The highest BCUT2D eigenvalue weighted by Crippen LogP contribution is 2.39. The van der Waals surface area contributed by atoms with Gasteiger partial charge in [-0.25, -0.2) is 4.39 Å². The topological polar surface area (TPSA) is 28.7 Å². The van der Waals surface area contributed by atoms with Gasteiger partial charge in [0.05, 0.1) is 11.0 Å². The van der Waals surface area contributed by atoms with Crippen LogP contribution in [0.4, 0.5) is 4.39 Å². The van der Waals surface area contributed by atoms with Crippen molar-refractivity contribution in [1.82, 2.24) is 9.97 Å². The first kappa shape index (κ1) is 17.3. The van der Waals surface area contributed by atoms with E-state index < -0.39 is 6.67 Å². The van der Waals surface area contributed by atoms with Crippen LogP contribution in [0.5, 0.6) is 0 Å². The maximum absolute atomic E-state index is 13.1. The normalized spacial score (nSPS) is 17.5. The molecule has 4 rings (SSSR count). The monoisotopic (exact) mass is 350 g/mol. The summed E-state index contributed by atoms with van der Waals surface area (Å²) in [5.74, 6) is 0.700. The summed E-state index contributed by atoms with van der Waals surface area (Å²) in [4.78, 5) is 8.57. The van der Waals surface area contributed by atoms with Crippen LogP contribution in [0.25, 0.3) is 22.2 Å². The predicted molar refractivity (Wildman–Crippen MR) is 106 cm³/mol. The molecule has 2 aromatic heterocycles. The largest absolute Gasteiger partial charge is 0.357 e. The van der Waals surface area contributed by atoms with Gasteiger partial charge in [0.2, 0.25) is 0 Å². The highest BCUT2D eigenvalue weighted by atomic mass is 19.1. The third-order valence-electron chi connectivity index (χ3n) is 5.92. The summed E-state index contributed by atoms with van der Waals surface area (Å²) in [7, 11) is 0. The minimum atomic E-state index is -0.438. The van der Waals surface area contributed by atoms with Crippen molar-refractivity contribution < 1.29 is 4.39 Å². The number of rotatable bonds is 2. The van der Waals surface area contributed by atoms with E-state index in [1.54, 1.807) is 0 Å². The van der Waals surface area contributed by atoms with Crippen molar-refractivity contribution in [2.45, 2.75) is 53.6 Å². The molecule has 0 saturated carbocycles. The van der Waals surface area contributed by atoms with Crippen LogP contribution in [0.2, 0.25) is 0 Å². The third kappa shape index (κ3) is 2.94. The molecule has 1 unspecified atom stereocenters. The van der Waals surface area contributed by atoms with Crippen molar-refractivity contribution in [1.29, 1.82) is 0 Å². The molecule has 26 heavy (non-hydrogen) atoms. The fourth-order valence-electron chi connectivity index (χ4n) is 4.29. The standard InChI is InChI=1S/C23H27FN2/c1-14-21(16-7-5-6-15(10-16)13-24)22-20(25-14)12-17-11-18(23(2,3)4)8-9-19(17)26-22/h5-7,10,12,18,25H,8-9,11,13H2,1-4H3. The molecule has 2 nitrogen and oxygen atoms in total. The van der Waals surface area contributed by atoms with Gasteiger partial charge < -0.3 is 4.98 Å². The first-order chi connectivity index (χ1) is 12.4. The lowest BCUT2D eigenvalue weighted by Gasteiger charge is -2.34. The van der Waals surface area contributed by atoms with E-state index in [0.717, 1.165) is 40.7 Å². The van der Waals surface area contributed by atoms with Crippen LogP contribution in [0.3, 0.4) is 0 Å². The van der Waals surface area contributed by atoms with Gasteiger partial charge in [0.15, 0.2) is 0 Å². The molecule has 1 N–H and O–H groups in total. The summed E-state index contributed by atoms with van der Waals surface area (Å²) < 4.78 is 13.1. The number of aryl methyl sites for hydroxylation is 2. The number of hydrogen-bond donors (Lipinski definition) is 1. The van der Waals surface area contributed by atoms with Crippen molar-refractivity contribution in [3.8, 4) is 11.1 Å². The number of nitrogens with one attached hydrogen (secondary N) is 1. The second-order valence-corrected chi connectivity index (χ2v) is 8.76. The zero-order valence-corrected chi connectivity index (χ0v) is 16.1. The lowest BCUT2D eigenvalue weighted by atomic mass is 9.71. The minimum Gasteiger partial charge on any atom is -0.357 e. The van der Waals surface area contributed by atoms with E-state index in [0.29, 0.717) is 16.9 Å². The quantitative estimate of drug-likeness (QED) is 0.589. The van der Waals surface area contributed by atoms with Crippen LogP contribution in [-0.4, -0.2) is 9.97 Å². The maximum atomic E-state index is 13.1. The Bertz CT molecular complexity index is 962. The van der Waals surface area contributed by atoms with Gasteiger partial charge in [-0.3, -0.25) is 4.98 Å². The Kier molecular flexibility index (Phi) is 4.13. The van der Waals surface area contributed by atoms with Crippen LogP contribution < -0.4 is 0 Å². The van der Waals surface area contributed by atoms with Crippen molar-refractivity contribution in [2.24, 2.45) is 11.3 Å². The fraction of sp³-hybridized carbons (Fsp3) is 0.435. The minimum absolute atomic E-state index is 0.330. The van der Waals surface area contributed by atoms with Gasteiger partial charge >= 0.3 is 0 Å². The molecule has 1 aliphatic carbocycles. The van der Waals surface area contributed by atoms with E-state index in [1.807, 2.05) is 24.3 Å². The van der Waals surface area contributed by atoms with Crippen molar-refractivity contribution >= 4 is 11.0 Å². The molecule has 0 fully saturated rings. The second kappa shape index (κ2) is 6.22. The van der Waals surface area contributed by atoms with Crippen molar-refractivity contribution in [2.75, 3.05) is 0 Å². The zero-order valence-electron chi connectivity index (χ0n) is 16.1. The lowest BCUT2D eigenvalue weighted by molar-refractivity contribution is 0.215. The molecule has 136 valence electrons. The average Bonchev–Trinajstić information content (AvgIpc) is 2.93. The summed E-state index contributed by atoms with van der Waals surface area (Å²) in [6.45, 7) is 8.65. The number of nitrogens with zero attached hydrogens (tertiary/aromatic N) is 1. The molecule has 3 heteroatoms. The number of alkyl halides is 1. The Morgan fingerprint density at radius 3 is 2.77 bits per heavy atom. The molecule has 0 radical (unpaired) electrons. The molecule has 0 bridgehead atoms. The van der Waals surface area contributed by atoms with E-state index in [9.17, 15) is 4.39 Å². The Morgan fingerprint density at radius 1 is 1.23 bits per heavy atom. The number of benzene rings is 1. The Balaban J connectivity index is 1.82. The highest BCUT2D eigenvalue weighted by molar-refractivity contribution is 5.95. The summed E-state index contributed by atoms with van der Waals surface area (Å²) in [6, 6.07) is 10.0. The van der Waals surface area contributed by atoms with Gasteiger partial charge in [0.1, 0.15) is 6.67 Å². The zero-order chi connectivity index (χ0) is 18.5. The molecular formula is C23H27FN2. The summed E-state index contributed by atoms with van der Waals surface area (Å²) >= 11 is 0. The third-order valence-corrected chi connectivity index (χ3v) is 5.92. The first-order valence-corrected chi connectivity index (χ1v) is 9.53. The molecule has 1 aromatic carbocycles. The summed E-state index contributed by atoms with van der Waals surface area (Å²) in [6.07, 6.45) is 3.35. The molecule has 2 heterocycles. The predicted octanol–water partition coefficient (Wildman–Crippen LogP) is 6.16. The summed E-state index contributed by atoms with van der Waals surface area (Å²) in [5, 5.41) is 0. The number of halogens is 1. The Labute approximate surface area is 154 Å². The average molecular weight is 350 g/mol. The van der Waals surface area contributed by atoms with E-state index >= 15 is 0 Å². The Hall–Kier alpha value is -2.16. The molecule has 0 saturated heterocycles. The second-order valence-electron chi connectivity index (χ2n) is 8.76. The molecule has 1 atom stereocenters. The highest BCUT2D eigenvalue weighted by Gasteiger charge is 2.30. The molecule has 3 aromatic rings. The smallest absolute Gasteiger partial charge is 0.115 e. The van der Waals surface area contributed by atoms with Crippen LogP contribution in [0.1, 0.15) is 49.7 Å². The van der Waals surface area contributed by atoms with Crippen LogP contribution in [0.15, 0.2) is 30.3 Å². The lowest BCUT2D eigenvalue weighted by Crippen LogP contribution is -2.27. The van der Waals surface area contributed by atoms with Crippen LogP contribution in [-0.2, 0) is 19.5 Å². The summed E-state index contributed by atoms with van der Waals surface area (Å²) in [5.41, 5.74) is 9.02. The van der Waals surface area contributed by atoms with E-state index in [4.69, 9.17) is 4.98 Å². The van der Waals surface area contributed by atoms with Gasteiger partial charge in [-0.15, -0.1) is 0 Å². The molecular weight excluding hydrogens is 323 g/mol. The number of pyridine rings is 1. The van der Waals surface area contributed by atoms with E-state index in [1.165, 1.54) is 17.7 Å². The number of H-pyrrole nitrogens is 1. The number of hydrogen-bond acceptors (Lipinski definition) is 1. The molecule has 0 spiro atoms. The number of aromatic amines is 1. The SMILES string of the molecule is Cc1[nH]c2cc3c(nc2c1-c1cccc(CF)c1)CCC(C(C)(C)C)C3. The number of aromatic nitrogens is 2. The van der Waals surface area contributed by atoms with Gasteiger partial charge in [-0.05, 0) is 66.3 Å². The Morgan fingerprint density at radius 2 is 2.04 bits per heavy atom. The van der Waals surface area contributed by atoms with Gasteiger partial charge in [-0.2, -0.15) is 0 Å². The van der Waals surface area contributed by atoms with Gasteiger partial charge in [0.25, 0.3) is 0 Å². The van der Waals surface area contributed by atoms with Crippen LogP contribution >= 0.6 is 0 Å². The van der Waals surface area contributed by atoms with Gasteiger partial charge in [-0.1, -0.05) is 39.0 Å². The van der Waals surface area contributed by atoms with E-state index in [-0.39, 0.29) is 0 Å². The van der Waals surface area contributed by atoms with Gasteiger partial charge in [0, 0.05) is 17.0 Å². The van der Waals surface area contributed by atoms with E-state index in [2.05, 4.69) is 38.7 Å². The number of fused-ring (bicyclic) bond motifs is 2. The van der Waals surface area contributed by atoms with Crippen molar-refractivity contribution in [3.63, 3.8) is 0 Å². The van der Waals surface area contributed by atoms with Crippen molar-refractivity contribution in [3.05, 3.63) is 52.8 Å². The molecule has 0 amide bonds.